The van der Waals surface area contributed by atoms with Crippen LogP contribution >= 0.6 is 0 Å². The number of piperidine rings is 1. The number of carbonyl (C=O) groups is 1. The van der Waals surface area contributed by atoms with Crippen LogP contribution in [0.5, 0.6) is 0 Å². The summed E-state index contributed by atoms with van der Waals surface area (Å²) >= 11 is 0. The Morgan fingerprint density at radius 1 is 1.03 bits per heavy atom. The monoisotopic (exact) mass is 498 g/mol. The number of aryl methyl sites for hydroxylation is 1. The Bertz CT molecular complexity index is 1430. The maximum Gasteiger partial charge on any atom is 0.253 e. The molecule has 8 heteroatoms. The van der Waals surface area contributed by atoms with Gasteiger partial charge in [-0.1, -0.05) is 20.8 Å². The Balaban J connectivity index is 1.37. The van der Waals surface area contributed by atoms with Gasteiger partial charge in [0.25, 0.3) is 5.91 Å². The van der Waals surface area contributed by atoms with Crippen molar-refractivity contribution in [3.8, 4) is 11.4 Å². The molecule has 7 nitrogen and oxygen atoms in total. The largest absolute Gasteiger partial charge is 0.356 e. The predicted octanol–water partition coefficient (Wildman–Crippen LogP) is 5.20. The van der Waals surface area contributed by atoms with E-state index in [0.29, 0.717) is 45.8 Å². The predicted molar refractivity (Wildman–Crippen MR) is 143 cm³/mol. The molecule has 1 aliphatic rings. The van der Waals surface area contributed by atoms with E-state index in [9.17, 15) is 9.18 Å². The quantitative estimate of drug-likeness (QED) is 0.393. The van der Waals surface area contributed by atoms with Crippen molar-refractivity contribution in [3.63, 3.8) is 0 Å². The molecule has 190 valence electrons. The molecule has 0 spiro atoms. The highest BCUT2D eigenvalue weighted by Crippen LogP contribution is 2.28. The van der Waals surface area contributed by atoms with Crippen LogP contribution in [0.2, 0.25) is 0 Å². The van der Waals surface area contributed by atoms with Crippen LogP contribution < -0.4 is 10.2 Å². The first-order chi connectivity index (χ1) is 17.9. The molecule has 0 radical (unpaired) electrons. The fraction of sp³-hybridized carbons (Fsp3) is 0.345. The number of halogens is 1. The van der Waals surface area contributed by atoms with E-state index in [1.54, 1.807) is 18.6 Å². The van der Waals surface area contributed by atoms with E-state index in [1.807, 2.05) is 31.2 Å². The number of anilines is 1. The number of carbonyl (C=O) groups excluding carboxylic acids is 1. The summed E-state index contributed by atoms with van der Waals surface area (Å²) in [5, 5.41) is 3.75. The van der Waals surface area contributed by atoms with E-state index >= 15 is 0 Å². The molecular weight excluding hydrogens is 467 g/mol. The summed E-state index contributed by atoms with van der Waals surface area (Å²) < 4.78 is 14.7. The number of fused-ring (bicyclic) bond motifs is 1. The molecule has 5 rings (SSSR count). The molecule has 0 aliphatic carbocycles. The SMILES string of the molecule is CCc1cncc(C(=O)NCc2cc3nc(-c4cc(F)cc(N5C[C@H](C)C[C@H](C)C5)n4)ccc3cn2)c1. The highest BCUT2D eigenvalue weighted by atomic mass is 19.1. The van der Waals surface area contributed by atoms with Crippen LogP contribution in [-0.4, -0.2) is 38.9 Å². The third-order valence-electron chi connectivity index (χ3n) is 6.76. The van der Waals surface area contributed by atoms with Gasteiger partial charge in [-0.2, -0.15) is 0 Å². The number of hydrogen-bond donors (Lipinski definition) is 1. The Labute approximate surface area is 216 Å². The van der Waals surface area contributed by atoms with Crippen molar-refractivity contribution in [2.24, 2.45) is 11.8 Å². The van der Waals surface area contributed by atoms with Crippen molar-refractivity contribution in [1.29, 1.82) is 0 Å². The summed E-state index contributed by atoms with van der Waals surface area (Å²) in [7, 11) is 0. The number of aromatic nitrogens is 4. The van der Waals surface area contributed by atoms with Crippen LogP contribution in [0.3, 0.4) is 0 Å². The highest BCUT2D eigenvalue weighted by molar-refractivity contribution is 5.94. The van der Waals surface area contributed by atoms with E-state index < -0.39 is 0 Å². The Morgan fingerprint density at radius 3 is 2.62 bits per heavy atom. The van der Waals surface area contributed by atoms with Crippen molar-refractivity contribution in [3.05, 3.63) is 77.6 Å². The molecule has 2 atom stereocenters. The van der Waals surface area contributed by atoms with Gasteiger partial charge in [0.2, 0.25) is 0 Å². The van der Waals surface area contributed by atoms with Gasteiger partial charge in [-0.05, 0) is 54.5 Å². The lowest BCUT2D eigenvalue weighted by molar-refractivity contribution is 0.0950. The molecule has 1 amide bonds. The van der Waals surface area contributed by atoms with Gasteiger partial charge < -0.3 is 10.2 Å². The zero-order valence-electron chi connectivity index (χ0n) is 21.4. The minimum absolute atomic E-state index is 0.204. The van der Waals surface area contributed by atoms with Crippen molar-refractivity contribution in [1.82, 2.24) is 25.3 Å². The zero-order valence-corrected chi connectivity index (χ0v) is 21.4. The smallest absolute Gasteiger partial charge is 0.253 e. The Hall–Kier alpha value is -3.94. The number of pyridine rings is 4. The molecule has 0 bridgehead atoms. The van der Waals surface area contributed by atoms with Gasteiger partial charge in [0.1, 0.15) is 11.6 Å². The summed E-state index contributed by atoms with van der Waals surface area (Å²) in [6.45, 7) is 8.45. The van der Waals surface area contributed by atoms with Gasteiger partial charge in [0.05, 0.1) is 34.7 Å². The van der Waals surface area contributed by atoms with Crippen LogP contribution in [0.15, 0.2) is 55.0 Å². The normalized spacial score (nSPS) is 17.7. The lowest BCUT2D eigenvalue weighted by Crippen LogP contribution is -2.39. The third-order valence-corrected chi connectivity index (χ3v) is 6.76. The van der Waals surface area contributed by atoms with Crippen LogP contribution in [0.25, 0.3) is 22.3 Å². The van der Waals surface area contributed by atoms with Gasteiger partial charge >= 0.3 is 0 Å². The van der Waals surface area contributed by atoms with E-state index in [1.165, 1.54) is 18.6 Å². The number of nitrogens with zero attached hydrogens (tertiary/aromatic N) is 5. The van der Waals surface area contributed by atoms with Gasteiger partial charge in [0.15, 0.2) is 0 Å². The molecule has 1 aliphatic heterocycles. The van der Waals surface area contributed by atoms with Gasteiger partial charge in [0, 0.05) is 49.2 Å². The van der Waals surface area contributed by atoms with Gasteiger partial charge in [-0.3, -0.25) is 14.8 Å². The lowest BCUT2D eigenvalue weighted by Gasteiger charge is -2.36. The minimum Gasteiger partial charge on any atom is -0.356 e. The summed E-state index contributed by atoms with van der Waals surface area (Å²) in [4.78, 5) is 32.9. The van der Waals surface area contributed by atoms with E-state index in [0.717, 1.165) is 30.5 Å². The fourth-order valence-corrected chi connectivity index (χ4v) is 5.00. The number of hydrogen-bond acceptors (Lipinski definition) is 6. The number of nitrogens with one attached hydrogen (secondary N) is 1. The van der Waals surface area contributed by atoms with Crippen LogP contribution in [0.4, 0.5) is 10.2 Å². The first-order valence-corrected chi connectivity index (χ1v) is 12.8. The topological polar surface area (TPSA) is 83.9 Å². The molecule has 1 N–H and O–H groups in total. The molecular formula is C29H31FN6O. The van der Waals surface area contributed by atoms with Gasteiger partial charge in [-0.25, -0.2) is 14.4 Å². The lowest BCUT2D eigenvalue weighted by atomic mass is 9.92. The molecule has 0 aromatic carbocycles. The number of amides is 1. The zero-order chi connectivity index (χ0) is 25.9. The molecule has 0 unspecified atom stereocenters. The second-order valence-corrected chi connectivity index (χ2v) is 10.1. The van der Waals surface area contributed by atoms with E-state index in [4.69, 9.17) is 9.97 Å². The second kappa shape index (κ2) is 10.6. The first-order valence-electron chi connectivity index (χ1n) is 12.8. The standard InChI is InChI=1S/C29H31FN6O/c1-4-20-8-22(13-31-12-20)29(37)33-15-24-11-26-21(14-32-24)5-6-25(34-26)27-9-23(30)10-28(35-27)36-16-18(2)7-19(3)17-36/h5-6,8-14,18-19H,4,7,15-17H2,1-3H3,(H,33,37)/t18-,19+. The maximum absolute atomic E-state index is 14.7. The Morgan fingerprint density at radius 2 is 1.84 bits per heavy atom. The highest BCUT2D eigenvalue weighted by Gasteiger charge is 2.23. The molecule has 1 saturated heterocycles. The van der Waals surface area contributed by atoms with Crippen molar-refractivity contribution in [2.45, 2.75) is 40.2 Å². The van der Waals surface area contributed by atoms with Crippen molar-refractivity contribution >= 4 is 22.6 Å². The molecule has 0 saturated carbocycles. The van der Waals surface area contributed by atoms with Crippen molar-refractivity contribution in [2.75, 3.05) is 18.0 Å². The Kier molecular flexibility index (Phi) is 7.08. The summed E-state index contributed by atoms with van der Waals surface area (Å²) in [6.07, 6.45) is 7.03. The molecule has 5 heterocycles. The van der Waals surface area contributed by atoms with Crippen LogP contribution in [-0.2, 0) is 13.0 Å². The molecule has 37 heavy (non-hydrogen) atoms. The van der Waals surface area contributed by atoms with Crippen LogP contribution in [0, 0.1) is 17.7 Å². The summed E-state index contributed by atoms with van der Waals surface area (Å²) in [5.41, 5.74) is 4.00. The van der Waals surface area contributed by atoms with E-state index in [-0.39, 0.29) is 18.3 Å². The number of rotatable bonds is 6. The fourth-order valence-electron chi connectivity index (χ4n) is 5.00. The van der Waals surface area contributed by atoms with E-state index in [2.05, 4.69) is 34.0 Å². The summed E-state index contributed by atoms with van der Waals surface area (Å²) in [6, 6.07) is 10.4. The van der Waals surface area contributed by atoms with Crippen molar-refractivity contribution < 1.29 is 9.18 Å². The van der Waals surface area contributed by atoms with Crippen LogP contribution in [0.1, 0.15) is 48.8 Å². The molecule has 4 aromatic heterocycles. The average Bonchev–Trinajstić information content (AvgIpc) is 2.90. The minimum atomic E-state index is -0.326. The third kappa shape index (κ3) is 5.74. The first kappa shape index (κ1) is 24.7. The maximum atomic E-state index is 14.7. The molecule has 4 aromatic rings. The average molecular weight is 499 g/mol. The molecule has 1 fully saturated rings. The summed E-state index contributed by atoms with van der Waals surface area (Å²) in [5.74, 6) is 1.19. The second-order valence-electron chi connectivity index (χ2n) is 10.1. The van der Waals surface area contributed by atoms with Gasteiger partial charge in [-0.15, -0.1) is 0 Å².